The Bertz CT molecular complexity index is 334. The summed E-state index contributed by atoms with van der Waals surface area (Å²) in [6.07, 6.45) is 6.80. The minimum atomic E-state index is -0.261. The highest BCUT2D eigenvalue weighted by molar-refractivity contribution is 5.68. The Morgan fingerprint density at radius 1 is 1.54 bits per heavy atom. The van der Waals surface area contributed by atoms with Crippen molar-refractivity contribution in [3.05, 3.63) is 35.5 Å². The Kier molecular flexibility index (Phi) is 1.93. The van der Waals surface area contributed by atoms with Crippen molar-refractivity contribution in [2.24, 2.45) is 0 Å². The molecule has 0 bridgehead atoms. The predicted octanol–water partition coefficient (Wildman–Crippen LogP) is 2.03. The topological polar surface area (TPSA) is 35.5 Å². The molecule has 3 heteroatoms. The van der Waals surface area contributed by atoms with Gasteiger partial charge in [-0.15, -0.1) is 0 Å². The lowest BCUT2D eigenvalue weighted by atomic mass is 10.1. The highest BCUT2D eigenvalue weighted by Crippen LogP contribution is 2.34. The Balaban J connectivity index is 2.27. The van der Waals surface area contributed by atoms with Gasteiger partial charge in [0.1, 0.15) is 5.76 Å². The molecule has 13 heavy (non-hydrogen) atoms. The zero-order chi connectivity index (χ0) is 9.26. The lowest BCUT2D eigenvalue weighted by Gasteiger charge is -2.06. The van der Waals surface area contributed by atoms with Crippen LogP contribution in [0, 0.1) is 0 Å². The third-order valence-electron chi connectivity index (χ3n) is 2.06. The number of hydrogen-bond donors (Lipinski definition) is 0. The van der Waals surface area contributed by atoms with Gasteiger partial charge in [0.15, 0.2) is 0 Å². The number of carbonyl (C=O) groups excluding carboxylic acids is 1. The minimum absolute atomic E-state index is 0.261. The Labute approximate surface area is 76.3 Å². The molecule has 2 aliphatic rings. The van der Waals surface area contributed by atoms with Crippen molar-refractivity contribution in [2.75, 3.05) is 0 Å². The van der Waals surface area contributed by atoms with Crippen LogP contribution >= 0.6 is 0 Å². The van der Waals surface area contributed by atoms with Crippen LogP contribution in [0.15, 0.2) is 35.5 Å². The van der Waals surface area contributed by atoms with Crippen molar-refractivity contribution in [1.82, 2.24) is 0 Å². The monoisotopic (exact) mass is 178 g/mol. The number of rotatable bonds is 1. The van der Waals surface area contributed by atoms with Gasteiger partial charge in [0.2, 0.25) is 0 Å². The van der Waals surface area contributed by atoms with Gasteiger partial charge < -0.3 is 9.47 Å². The molecule has 0 amide bonds. The maximum Gasteiger partial charge on any atom is 0.307 e. The fourth-order valence-electron chi connectivity index (χ4n) is 1.53. The fraction of sp³-hybridized carbons (Fsp3) is 0.300. The van der Waals surface area contributed by atoms with Crippen LogP contribution in [-0.2, 0) is 14.3 Å². The molecular formula is C10H10O3. The van der Waals surface area contributed by atoms with E-state index >= 15 is 0 Å². The Morgan fingerprint density at radius 3 is 3.15 bits per heavy atom. The zero-order valence-electron chi connectivity index (χ0n) is 7.37. The summed E-state index contributed by atoms with van der Waals surface area (Å²) in [6, 6.07) is 0. The van der Waals surface area contributed by atoms with Crippen molar-refractivity contribution in [3.8, 4) is 0 Å². The molecule has 0 radical (unpaired) electrons. The van der Waals surface area contributed by atoms with Gasteiger partial charge in [-0.05, 0) is 18.1 Å². The molecule has 0 atom stereocenters. The van der Waals surface area contributed by atoms with Crippen LogP contribution in [0.5, 0.6) is 0 Å². The molecule has 2 rings (SSSR count). The number of ether oxygens (including phenoxy) is 2. The molecule has 0 spiro atoms. The van der Waals surface area contributed by atoms with Crippen molar-refractivity contribution in [3.63, 3.8) is 0 Å². The van der Waals surface area contributed by atoms with E-state index in [2.05, 4.69) is 0 Å². The summed E-state index contributed by atoms with van der Waals surface area (Å²) < 4.78 is 10.1. The van der Waals surface area contributed by atoms with E-state index < -0.39 is 0 Å². The molecule has 0 saturated heterocycles. The lowest BCUT2D eigenvalue weighted by molar-refractivity contribution is -0.137. The Morgan fingerprint density at radius 2 is 2.38 bits per heavy atom. The highest BCUT2D eigenvalue weighted by atomic mass is 16.5. The van der Waals surface area contributed by atoms with Gasteiger partial charge in [0, 0.05) is 18.9 Å². The van der Waals surface area contributed by atoms with E-state index in [9.17, 15) is 4.79 Å². The number of carbonyl (C=O) groups is 1. The third kappa shape index (κ3) is 1.49. The molecule has 3 nitrogen and oxygen atoms in total. The van der Waals surface area contributed by atoms with Crippen LogP contribution in [0.3, 0.4) is 0 Å². The molecule has 0 saturated carbocycles. The summed E-state index contributed by atoms with van der Waals surface area (Å²) in [5.74, 6) is 0.502. The molecule has 0 aromatic carbocycles. The van der Waals surface area contributed by atoms with E-state index in [4.69, 9.17) is 9.47 Å². The molecule has 0 aromatic rings. The fourth-order valence-corrected chi connectivity index (χ4v) is 1.53. The number of hydrogen-bond acceptors (Lipinski definition) is 3. The SMILES string of the molecule is CC(=O)OC1=C2C=COC=C2CC1. The lowest BCUT2D eigenvalue weighted by Crippen LogP contribution is -1.98. The normalized spacial score (nSPS) is 19.3. The summed E-state index contributed by atoms with van der Waals surface area (Å²) >= 11 is 0. The third-order valence-corrected chi connectivity index (χ3v) is 2.06. The van der Waals surface area contributed by atoms with Gasteiger partial charge in [0.25, 0.3) is 0 Å². The predicted molar refractivity (Wildman–Crippen MR) is 46.3 cm³/mol. The van der Waals surface area contributed by atoms with Crippen LogP contribution in [0.25, 0.3) is 0 Å². The first-order valence-corrected chi connectivity index (χ1v) is 4.20. The standard InChI is InChI=1S/C10H10O3/c1-7(11)13-10-3-2-8-6-12-5-4-9(8)10/h4-6H,2-3H2,1H3. The average molecular weight is 178 g/mol. The van der Waals surface area contributed by atoms with Crippen molar-refractivity contribution in [1.29, 1.82) is 0 Å². The van der Waals surface area contributed by atoms with E-state index in [1.54, 1.807) is 12.5 Å². The molecule has 0 fully saturated rings. The van der Waals surface area contributed by atoms with Crippen molar-refractivity contribution in [2.45, 2.75) is 19.8 Å². The second-order valence-corrected chi connectivity index (χ2v) is 3.01. The molecule has 0 N–H and O–H groups in total. The van der Waals surface area contributed by atoms with Crippen LogP contribution in [-0.4, -0.2) is 5.97 Å². The molecule has 0 unspecified atom stereocenters. The Hall–Kier alpha value is -1.51. The van der Waals surface area contributed by atoms with E-state index in [0.29, 0.717) is 0 Å². The first-order valence-electron chi connectivity index (χ1n) is 4.20. The molecule has 1 heterocycles. The molecule has 68 valence electrons. The van der Waals surface area contributed by atoms with Gasteiger partial charge >= 0.3 is 5.97 Å². The number of fused-ring (bicyclic) bond motifs is 1. The van der Waals surface area contributed by atoms with E-state index in [1.807, 2.05) is 6.08 Å². The maximum atomic E-state index is 10.7. The van der Waals surface area contributed by atoms with E-state index in [0.717, 1.165) is 29.7 Å². The zero-order valence-corrected chi connectivity index (χ0v) is 7.37. The minimum Gasteiger partial charge on any atom is -0.472 e. The summed E-state index contributed by atoms with van der Waals surface area (Å²) in [5.41, 5.74) is 2.11. The van der Waals surface area contributed by atoms with Crippen molar-refractivity contribution >= 4 is 5.97 Å². The van der Waals surface area contributed by atoms with Crippen LogP contribution < -0.4 is 0 Å². The molecule has 0 aromatic heterocycles. The van der Waals surface area contributed by atoms with Gasteiger partial charge in [0.05, 0.1) is 12.5 Å². The average Bonchev–Trinajstić information content (AvgIpc) is 2.48. The quantitative estimate of drug-likeness (QED) is 0.576. The van der Waals surface area contributed by atoms with Gasteiger partial charge in [-0.2, -0.15) is 0 Å². The molecule has 1 aliphatic carbocycles. The molecule has 1 aliphatic heterocycles. The summed E-state index contributed by atoms with van der Waals surface area (Å²) in [7, 11) is 0. The molecular weight excluding hydrogens is 168 g/mol. The van der Waals surface area contributed by atoms with Gasteiger partial charge in [-0.25, -0.2) is 0 Å². The number of allylic oxidation sites excluding steroid dienone is 4. The van der Waals surface area contributed by atoms with Crippen LogP contribution in [0.2, 0.25) is 0 Å². The van der Waals surface area contributed by atoms with E-state index in [1.165, 1.54) is 6.92 Å². The smallest absolute Gasteiger partial charge is 0.307 e. The number of esters is 1. The second kappa shape index (κ2) is 3.09. The van der Waals surface area contributed by atoms with Crippen LogP contribution in [0.4, 0.5) is 0 Å². The summed E-state index contributed by atoms with van der Waals surface area (Å²) in [6.45, 7) is 1.41. The van der Waals surface area contributed by atoms with E-state index in [-0.39, 0.29) is 5.97 Å². The first kappa shape index (κ1) is 8.10. The summed E-state index contributed by atoms with van der Waals surface area (Å²) in [4.78, 5) is 10.7. The maximum absolute atomic E-state index is 10.7. The first-order chi connectivity index (χ1) is 6.27. The summed E-state index contributed by atoms with van der Waals surface area (Å²) in [5, 5.41) is 0. The van der Waals surface area contributed by atoms with Crippen molar-refractivity contribution < 1.29 is 14.3 Å². The van der Waals surface area contributed by atoms with Gasteiger partial charge in [-0.1, -0.05) is 0 Å². The highest BCUT2D eigenvalue weighted by Gasteiger charge is 2.22. The van der Waals surface area contributed by atoms with Gasteiger partial charge in [-0.3, -0.25) is 4.79 Å². The largest absolute Gasteiger partial charge is 0.472 e. The van der Waals surface area contributed by atoms with Crippen LogP contribution in [0.1, 0.15) is 19.8 Å². The second-order valence-electron chi connectivity index (χ2n) is 3.01.